The van der Waals surface area contributed by atoms with E-state index in [4.69, 9.17) is 0 Å². The van der Waals surface area contributed by atoms with Crippen LogP contribution in [0.15, 0.2) is 12.2 Å². The van der Waals surface area contributed by atoms with Crippen LogP contribution < -0.4 is 0 Å². The zero-order valence-corrected chi connectivity index (χ0v) is 7.14. The number of allylic oxidation sites excluding steroid dienone is 2. The van der Waals surface area contributed by atoms with Crippen molar-refractivity contribution >= 4 is 0 Å². The van der Waals surface area contributed by atoms with Gasteiger partial charge < -0.3 is 0 Å². The third-order valence-electron chi connectivity index (χ3n) is 2.31. The lowest BCUT2D eigenvalue weighted by atomic mass is 9.85. The first kappa shape index (κ1) is 7.84. The van der Waals surface area contributed by atoms with Crippen molar-refractivity contribution in [3.05, 3.63) is 12.2 Å². The molecule has 10 heavy (non-hydrogen) atoms. The van der Waals surface area contributed by atoms with E-state index in [2.05, 4.69) is 26.0 Å². The van der Waals surface area contributed by atoms with E-state index in [-0.39, 0.29) is 0 Å². The molecule has 0 radical (unpaired) electrons. The number of rotatable bonds is 2. The molecule has 1 rings (SSSR count). The highest BCUT2D eigenvalue weighted by molar-refractivity contribution is 4.94. The van der Waals surface area contributed by atoms with Crippen molar-refractivity contribution in [3.8, 4) is 0 Å². The molecule has 0 saturated carbocycles. The van der Waals surface area contributed by atoms with Crippen molar-refractivity contribution in [2.45, 2.75) is 39.5 Å². The topological polar surface area (TPSA) is 0 Å². The van der Waals surface area contributed by atoms with Gasteiger partial charge >= 0.3 is 0 Å². The van der Waals surface area contributed by atoms with Crippen LogP contribution in [0.1, 0.15) is 39.5 Å². The Morgan fingerprint density at radius 1 is 1.50 bits per heavy atom. The van der Waals surface area contributed by atoms with E-state index in [1.54, 1.807) is 0 Å². The van der Waals surface area contributed by atoms with Gasteiger partial charge in [-0.2, -0.15) is 0 Å². The fourth-order valence-electron chi connectivity index (χ4n) is 1.78. The second-order valence-electron chi connectivity index (χ2n) is 3.55. The van der Waals surface area contributed by atoms with E-state index in [1.807, 2.05) is 0 Å². The van der Waals surface area contributed by atoms with Crippen LogP contribution in [-0.2, 0) is 0 Å². The zero-order chi connectivity index (χ0) is 7.40. The van der Waals surface area contributed by atoms with Gasteiger partial charge in [0.1, 0.15) is 0 Å². The minimum Gasteiger partial charge on any atom is -0.0880 e. The molecule has 0 amide bonds. The van der Waals surface area contributed by atoms with Gasteiger partial charge in [0.15, 0.2) is 0 Å². The van der Waals surface area contributed by atoms with Crippen LogP contribution in [0.3, 0.4) is 0 Å². The maximum Gasteiger partial charge on any atom is -0.0231 e. The Morgan fingerprint density at radius 3 is 2.90 bits per heavy atom. The fraction of sp³-hybridized carbons (Fsp3) is 0.800. The van der Waals surface area contributed by atoms with E-state index >= 15 is 0 Å². The fourth-order valence-corrected chi connectivity index (χ4v) is 1.78. The van der Waals surface area contributed by atoms with E-state index < -0.39 is 0 Å². The Kier molecular flexibility index (Phi) is 2.98. The largest absolute Gasteiger partial charge is 0.0880 e. The second kappa shape index (κ2) is 3.80. The molecule has 1 aliphatic rings. The summed E-state index contributed by atoms with van der Waals surface area (Å²) in [7, 11) is 0. The summed E-state index contributed by atoms with van der Waals surface area (Å²) in [5.41, 5.74) is 0. The van der Waals surface area contributed by atoms with Crippen molar-refractivity contribution in [1.82, 2.24) is 0 Å². The smallest absolute Gasteiger partial charge is 0.0231 e. The summed E-state index contributed by atoms with van der Waals surface area (Å²) in [4.78, 5) is 0. The summed E-state index contributed by atoms with van der Waals surface area (Å²) >= 11 is 0. The molecule has 0 N–H and O–H groups in total. The maximum absolute atomic E-state index is 2.41. The highest BCUT2D eigenvalue weighted by Gasteiger charge is 2.12. The highest BCUT2D eigenvalue weighted by Crippen LogP contribution is 2.25. The van der Waals surface area contributed by atoms with Crippen LogP contribution in [-0.4, -0.2) is 0 Å². The van der Waals surface area contributed by atoms with Crippen molar-refractivity contribution in [1.29, 1.82) is 0 Å². The molecule has 2 atom stereocenters. The molecular formula is C10H18. The SMILES string of the molecule is CCCC1C=CCC(C)C1. The first-order valence-electron chi connectivity index (χ1n) is 4.49. The zero-order valence-electron chi connectivity index (χ0n) is 7.14. The van der Waals surface area contributed by atoms with Gasteiger partial charge in [-0.15, -0.1) is 0 Å². The first-order chi connectivity index (χ1) is 4.83. The molecule has 0 spiro atoms. The predicted molar refractivity (Wildman–Crippen MR) is 45.9 cm³/mol. The lowest BCUT2D eigenvalue weighted by Gasteiger charge is -2.20. The second-order valence-corrected chi connectivity index (χ2v) is 3.55. The van der Waals surface area contributed by atoms with Gasteiger partial charge in [0, 0.05) is 0 Å². The van der Waals surface area contributed by atoms with Crippen LogP contribution in [0.25, 0.3) is 0 Å². The maximum atomic E-state index is 2.41. The Morgan fingerprint density at radius 2 is 2.30 bits per heavy atom. The van der Waals surface area contributed by atoms with E-state index in [0.717, 1.165) is 11.8 Å². The first-order valence-corrected chi connectivity index (χ1v) is 4.49. The molecule has 0 aliphatic heterocycles. The quantitative estimate of drug-likeness (QED) is 0.513. The van der Waals surface area contributed by atoms with Crippen LogP contribution in [0.2, 0.25) is 0 Å². The molecule has 0 aromatic heterocycles. The molecule has 0 fully saturated rings. The minimum atomic E-state index is 0.897. The van der Waals surface area contributed by atoms with Crippen molar-refractivity contribution in [2.75, 3.05) is 0 Å². The molecule has 1 aliphatic carbocycles. The molecule has 58 valence electrons. The molecule has 0 aromatic carbocycles. The molecule has 0 heterocycles. The van der Waals surface area contributed by atoms with Crippen LogP contribution in [0.4, 0.5) is 0 Å². The Labute approximate surface area is 64.3 Å². The van der Waals surface area contributed by atoms with Crippen LogP contribution in [0, 0.1) is 11.8 Å². The summed E-state index contributed by atoms with van der Waals surface area (Å²) in [6.07, 6.45) is 10.2. The van der Waals surface area contributed by atoms with Gasteiger partial charge in [-0.3, -0.25) is 0 Å². The van der Waals surface area contributed by atoms with Gasteiger partial charge in [-0.05, 0) is 31.1 Å². The molecule has 0 saturated heterocycles. The Hall–Kier alpha value is -0.260. The summed E-state index contributed by atoms with van der Waals surface area (Å²) in [5, 5.41) is 0. The third kappa shape index (κ3) is 2.17. The summed E-state index contributed by atoms with van der Waals surface area (Å²) < 4.78 is 0. The Balaban J connectivity index is 2.32. The van der Waals surface area contributed by atoms with Gasteiger partial charge in [0.05, 0.1) is 0 Å². The average Bonchev–Trinajstić information content (AvgIpc) is 1.88. The molecule has 2 unspecified atom stereocenters. The summed E-state index contributed by atoms with van der Waals surface area (Å²) in [5.74, 6) is 1.83. The van der Waals surface area contributed by atoms with Gasteiger partial charge in [-0.25, -0.2) is 0 Å². The monoisotopic (exact) mass is 138 g/mol. The predicted octanol–water partition coefficient (Wildman–Crippen LogP) is 3.39. The van der Waals surface area contributed by atoms with Gasteiger partial charge in [-0.1, -0.05) is 32.4 Å². The van der Waals surface area contributed by atoms with Crippen LogP contribution >= 0.6 is 0 Å². The summed E-state index contributed by atoms with van der Waals surface area (Å²) in [6, 6.07) is 0. The highest BCUT2D eigenvalue weighted by atomic mass is 14.2. The minimum absolute atomic E-state index is 0.897. The Bertz CT molecular complexity index is 113. The average molecular weight is 138 g/mol. The van der Waals surface area contributed by atoms with E-state index in [1.165, 1.54) is 25.7 Å². The van der Waals surface area contributed by atoms with E-state index in [9.17, 15) is 0 Å². The third-order valence-corrected chi connectivity index (χ3v) is 2.31. The van der Waals surface area contributed by atoms with Crippen LogP contribution in [0.5, 0.6) is 0 Å². The number of hydrogen-bond acceptors (Lipinski definition) is 0. The van der Waals surface area contributed by atoms with E-state index in [0.29, 0.717) is 0 Å². The van der Waals surface area contributed by atoms with Crippen molar-refractivity contribution < 1.29 is 0 Å². The lowest BCUT2D eigenvalue weighted by Crippen LogP contribution is -2.07. The molecular weight excluding hydrogens is 120 g/mol. The molecule has 0 aromatic rings. The molecule has 0 bridgehead atoms. The normalized spacial score (nSPS) is 32.6. The van der Waals surface area contributed by atoms with Gasteiger partial charge in [0.25, 0.3) is 0 Å². The number of hydrogen-bond donors (Lipinski definition) is 0. The lowest BCUT2D eigenvalue weighted by molar-refractivity contribution is 0.406. The molecule has 0 nitrogen and oxygen atoms in total. The summed E-state index contributed by atoms with van der Waals surface area (Å²) in [6.45, 7) is 4.62. The van der Waals surface area contributed by atoms with Crippen molar-refractivity contribution in [3.63, 3.8) is 0 Å². The van der Waals surface area contributed by atoms with Crippen molar-refractivity contribution in [2.24, 2.45) is 11.8 Å². The molecule has 0 heteroatoms. The van der Waals surface area contributed by atoms with Gasteiger partial charge in [0.2, 0.25) is 0 Å². The standard InChI is InChI=1S/C10H18/c1-3-5-10-7-4-6-9(2)8-10/h4,7,9-10H,3,5-6,8H2,1-2H3.